The number of hydrogen-bond donors (Lipinski definition) is 1. The van der Waals surface area contributed by atoms with E-state index in [9.17, 15) is 8.42 Å². The lowest BCUT2D eigenvalue weighted by molar-refractivity contribution is 0.513. The van der Waals surface area contributed by atoms with Crippen molar-refractivity contribution in [2.24, 2.45) is 0 Å². The van der Waals surface area contributed by atoms with Crippen molar-refractivity contribution in [3.8, 4) is 0 Å². The van der Waals surface area contributed by atoms with Crippen LogP contribution in [0.2, 0.25) is 0 Å². The van der Waals surface area contributed by atoms with Crippen molar-refractivity contribution in [3.05, 3.63) is 24.2 Å². The Labute approximate surface area is 90.6 Å². The molecule has 0 fully saturated rings. The summed E-state index contributed by atoms with van der Waals surface area (Å²) in [5.74, 6) is 0.190. The SMILES string of the molecule is CCNC(CCS(C)(=O)=O)c1ccoc1. The average molecular weight is 231 g/mol. The zero-order valence-corrected chi connectivity index (χ0v) is 9.88. The van der Waals surface area contributed by atoms with Gasteiger partial charge < -0.3 is 9.73 Å². The van der Waals surface area contributed by atoms with Gasteiger partial charge in [-0.2, -0.15) is 0 Å². The highest BCUT2D eigenvalue weighted by atomic mass is 32.2. The maximum Gasteiger partial charge on any atom is 0.147 e. The van der Waals surface area contributed by atoms with Crippen LogP contribution in [0, 0.1) is 0 Å². The van der Waals surface area contributed by atoms with Gasteiger partial charge in [-0.15, -0.1) is 0 Å². The molecule has 1 heterocycles. The molecule has 0 aliphatic carbocycles. The molecule has 1 atom stereocenters. The Hall–Kier alpha value is -0.810. The molecule has 0 saturated carbocycles. The minimum atomic E-state index is -2.90. The van der Waals surface area contributed by atoms with Gasteiger partial charge in [-0.05, 0) is 19.0 Å². The van der Waals surface area contributed by atoms with Crippen LogP contribution in [0.25, 0.3) is 0 Å². The standard InChI is InChI=1S/C10H17NO3S/c1-3-11-10(5-7-15(2,12)13)9-4-6-14-8-9/h4,6,8,10-11H,3,5,7H2,1-2H3. The smallest absolute Gasteiger partial charge is 0.147 e. The van der Waals surface area contributed by atoms with Crippen LogP contribution in [0.15, 0.2) is 23.0 Å². The minimum absolute atomic E-state index is 0.0588. The third kappa shape index (κ3) is 4.48. The molecule has 15 heavy (non-hydrogen) atoms. The molecular weight excluding hydrogens is 214 g/mol. The second-order valence-electron chi connectivity index (χ2n) is 3.59. The van der Waals surface area contributed by atoms with Crippen molar-refractivity contribution in [1.82, 2.24) is 5.32 Å². The van der Waals surface area contributed by atoms with Crippen LogP contribution >= 0.6 is 0 Å². The first-order valence-corrected chi connectivity index (χ1v) is 7.02. The van der Waals surface area contributed by atoms with Gasteiger partial charge in [0.25, 0.3) is 0 Å². The molecule has 1 N–H and O–H groups in total. The zero-order valence-electron chi connectivity index (χ0n) is 9.06. The van der Waals surface area contributed by atoms with E-state index in [1.54, 1.807) is 12.5 Å². The summed E-state index contributed by atoms with van der Waals surface area (Å²) in [4.78, 5) is 0. The zero-order chi connectivity index (χ0) is 11.3. The number of nitrogens with one attached hydrogen (secondary N) is 1. The van der Waals surface area contributed by atoms with E-state index < -0.39 is 9.84 Å². The molecule has 1 aromatic heterocycles. The lowest BCUT2D eigenvalue weighted by atomic mass is 10.1. The Balaban J connectivity index is 2.60. The van der Waals surface area contributed by atoms with Gasteiger partial charge in [-0.1, -0.05) is 6.92 Å². The van der Waals surface area contributed by atoms with Crippen LogP contribution in [0.3, 0.4) is 0 Å². The number of hydrogen-bond acceptors (Lipinski definition) is 4. The minimum Gasteiger partial charge on any atom is -0.472 e. The van der Waals surface area contributed by atoms with Crippen LogP contribution in [-0.4, -0.2) is 27.0 Å². The summed E-state index contributed by atoms with van der Waals surface area (Å²) in [6.45, 7) is 2.80. The Morgan fingerprint density at radius 3 is 2.73 bits per heavy atom. The third-order valence-corrected chi connectivity index (χ3v) is 3.15. The van der Waals surface area contributed by atoms with Gasteiger partial charge in [0.2, 0.25) is 0 Å². The summed E-state index contributed by atoms with van der Waals surface area (Å²) in [5.41, 5.74) is 1.00. The first-order valence-electron chi connectivity index (χ1n) is 4.96. The fraction of sp³-hybridized carbons (Fsp3) is 0.600. The lowest BCUT2D eigenvalue weighted by Crippen LogP contribution is -2.23. The molecule has 1 aromatic rings. The summed E-state index contributed by atoms with van der Waals surface area (Å²) >= 11 is 0. The van der Waals surface area contributed by atoms with Gasteiger partial charge in [-0.3, -0.25) is 0 Å². The molecule has 86 valence electrons. The first kappa shape index (κ1) is 12.3. The third-order valence-electron chi connectivity index (χ3n) is 2.17. The molecule has 0 amide bonds. The number of rotatable bonds is 6. The van der Waals surface area contributed by atoms with Crippen LogP contribution in [0.5, 0.6) is 0 Å². The van der Waals surface area contributed by atoms with Crippen LogP contribution in [0.4, 0.5) is 0 Å². The van der Waals surface area contributed by atoms with E-state index in [1.807, 2.05) is 13.0 Å². The molecule has 1 rings (SSSR count). The van der Waals surface area contributed by atoms with Gasteiger partial charge in [0.1, 0.15) is 9.84 Å². The van der Waals surface area contributed by atoms with Gasteiger partial charge in [0.15, 0.2) is 0 Å². The fourth-order valence-electron chi connectivity index (χ4n) is 1.44. The summed E-state index contributed by atoms with van der Waals surface area (Å²) in [5, 5.41) is 3.23. The Morgan fingerprint density at radius 2 is 2.27 bits per heavy atom. The average Bonchev–Trinajstić information content (AvgIpc) is 2.63. The normalized spacial score (nSPS) is 14.0. The molecule has 1 unspecified atom stereocenters. The topological polar surface area (TPSA) is 59.3 Å². The first-order chi connectivity index (χ1) is 7.03. The van der Waals surface area contributed by atoms with E-state index in [0.29, 0.717) is 6.42 Å². The monoisotopic (exact) mass is 231 g/mol. The number of sulfone groups is 1. The predicted molar refractivity (Wildman–Crippen MR) is 59.5 cm³/mol. The Kier molecular flexibility index (Phi) is 4.35. The molecule has 0 radical (unpaired) electrons. The van der Waals surface area contributed by atoms with E-state index in [1.165, 1.54) is 6.26 Å². The van der Waals surface area contributed by atoms with Gasteiger partial charge in [0, 0.05) is 17.9 Å². The fourth-order valence-corrected chi connectivity index (χ4v) is 2.10. The van der Waals surface area contributed by atoms with Crippen molar-refractivity contribution in [1.29, 1.82) is 0 Å². The van der Waals surface area contributed by atoms with Gasteiger partial charge in [0.05, 0.1) is 18.3 Å². The van der Waals surface area contributed by atoms with E-state index in [2.05, 4.69) is 5.32 Å². The largest absolute Gasteiger partial charge is 0.472 e. The molecule has 4 nitrogen and oxygen atoms in total. The van der Waals surface area contributed by atoms with Crippen molar-refractivity contribution in [2.45, 2.75) is 19.4 Å². The molecule has 0 spiro atoms. The Morgan fingerprint density at radius 1 is 1.53 bits per heavy atom. The van der Waals surface area contributed by atoms with E-state index >= 15 is 0 Å². The summed E-state index contributed by atoms with van der Waals surface area (Å²) < 4.78 is 27.1. The highest BCUT2D eigenvalue weighted by Crippen LogP contribution is 2.17. The highest BCUT2D eigenvalue weighted by Gasteiger charge is 2.14. The summed E-state index contributed by atoms with van der Waals surface area (Å²) in [6.07, 6.45) is 5.08. The molecule has 5 heteroatoms. The van der Waals surface area contributed by atoms with E-state index in [4.69, 9.17) is 4.42 Å². The van der Waals surface area contributed by atoms with Crippen LogP contribution in [0.1, 0.15) is 24.9 Å². The lowest BCUT2D eigenvalue weighted by Gasteiger charge is -2.15. The quantitative estimate of drug-likeness (QED) is 0.803. The molecule has 0 aliphatic heterocycles. The van der Waals surface area contributed by atoms with Gasteiger partial charge >= 0.3 is 0 Å². The molecule has 0 aliphatic rings. The second kappa shape index (κ2) is 5.32. The molecule has 0 saturated heterocycles. The molecule has 0 aromatic carbocycles. The van der Waals surface area contributed by atoms with Crippen molar-refractivity contribution >= 4 is 9.84 Å². The highest BCUT2D eigenvalue weighted by molar-refractivity contribution is 7.90. The van der Waals surface area contributed by atoms with E-state index in [-0.39, 0.29) is 11.8 Å². The predicted octanol–water partition coefficient (Wildman–Crippen LogP) is 1.36. The summed E-state index contributed by atoms with van der Waals surface area (Å²) in [6, 6.07) is 1.92. The Bertz CT molecular complexity index is 369. The molecule has 0 bridgehead atoms. The van der Waals surface area contributed by atoms with E-state index in [0.717, 1.165) is 12.1 Å². The molecular formula is C10H17NO3S. The number of furan rings is 1. The van der Waals surface area contributed by atoms with Gasteiger partial charge in [-0.25, -0.2) is 8.42 Å². The van der Waals surface area contributed by atoms with Crippen molar-refractivity contribution in [2.75, 3.05) is 18.6 Å². The van der Waals surface area contributed by atoms with Crippen molar-refractivity contribution in [3.63, 3.8) is 0 Å². The second-order valence-corrected chi connectivity index (χ2v) is 5.85. The maximum atomic E-state index is 11.1. The van der Waals surface area contributed by atoms with Crippen LogP contribution in [-0.2, 0) is 9.84 Å². The summed E-state index contributed by atoms with van der Waals surface area (Å²) in [7, 11) is -2.90. The van der Waals surface area contributed by atoms with Crippen LogP contribution < -0.4 is 5.32 Å². The van der Waals surface area contributed by atoms with Crippen molar-refractivity contribution < 1.29 is 12.8 Å². The maximum absolute atomic E-state index is 11.1.